The summed E-state index contributed by atoms with van der Waals surface area (Å²) in [5.41, 5.74) is 0.529. The van der Waals surface area contributed by atoms with E-state index >= 15 is 0 Å². The molecule has 0 saturated carbocycles. The molecule has 0 aromatic carbocycles. The van der Waals surface area contributed by atoms with E-state index in [0.29, 0.717) is 12.0 Å². The fraction of sp³-hybridized carbons (Fsp3) is 0.524. The molecule has 0 heterocycles. The van der Waals surface area contributed by atoms with Gasteiger partial charge < -0.3 is 36.0 Å². The predicted octanol–water partition coefficient (Wildman–Crippen LogP) is -7.86. The van der Waals surface area contributed by atoms with Crippen molar-refractivity contribution in [2.75, 3.05) is 28.4 Å². The van der Waals surface area contributed by atoms with Gasteiger partial charge in [0.25, 0.3) is 6.47 Å². The molecule has 0 aliphatic heterocycles. The SMILES string of the molecule is COC(=O)CC(=O)CCC(=O)CC(=O)OC.COC(=O)CC1=C(C(=O)OC)C(=O)CC1.O.O=CO[O-].[H-].[Na+].[Na+]. The zero-order valence-corrected chi connectivity index (χ0v) is 26.2. The van der Waals surface area contributed by atoms with Crippen molar-refractivity contribution in [1.82, 2.24) is 0 Å². The van der Waals surface area contributed by atoms with Crippen molar-refractivity contribution in [3.8, 4) is 0 Å². The third kappa shape index (κ3) is 22.0. The quantitative estimate of drug-likeness (QED) is 0.0329. The minimum atomic E-state index is -0.670. The second kappa shape index (κ2) is 28.0. The number of hydrogen-bond donors (Lipinski definition) is 0. The first-order valence-electron chi connectivity index (χ1n) is 9.80. The molecule has 0 aromatic heterocycles. The molecular formula is C21H30Na2O15. The van der Waals surface area contributed by atoms with Crippen LogP contribution in [0.1, 0.15) is 46.4 Å². The van der Waals surface area contributed by atoms with Crippen molar-refractivity contribution < 1.29 is 133 Å². The molecule has 15 nitrogen and oxygen atoms in total. The number of Topliss-reactive ketones (excluding diaryl/α,β-unsaturated/α-hetero) is 3. The first-order valence-corrected chi connectivity index (χ1v) is 9.80. The summed E-state index contributed by atoms with van der Waals surface area (Å²) in [6.45, 7) is -0.181. The van der Waals surface area contributed by atoms with E-state index < -0.39 is 23.9 Å². The van der Waals surface area contributed by atoms with Gasteiger partial charge in [-0.15, -0.1) is 0 Å². The average Bonchev–Trinajstić information content (AvgIpc) is 3.21. The van der Waals surface area contributed by atoms with E-state index in [0.717, 1.165) is 0 Å². The van der Waals surface area contributed by atoms with Gasteiger partial charge in [-0.25, -0.2) is 4.79 Å². The van der Waals surface area contributed by atoms with Crippen LogP contribution in [0.4, 0.5) is 0 Å². The maximum Gasteiger partial charge on any atom is 1.00 e. The van der Waals surface area contributed by atoms with E-state index in [2.05, 4.69) is 23.8 Å². The minimum Gasteiger partial charge on any atom is -1.00 e. The molecule has 17 heteroatoms. The zero-order valence-electron chi connectivity index (χ0n) is 23.2. The molecule has 0 aromatic rings. The standard InChI is InChI=1S/C10H14O6.C10H12O5.CH2O3.2Na.H2O.H/c1-15-9(13)5-7(11)3-4-8(12)6-10(14)16-2;1-14-8(12)5-6-3-4-7(11)9(6)10(13)15-2;2-1-4-3;;;;/h3-6H2,1-2H3;3-5H2,1-2H3;1,3H;;;1H2;/q;;;2*+1;;-1/p-1. The fourth-order valence-corrected chi connectivity index (χ4v) is 2.42. The number of carbonyl (C=O) groups is 8. The number of methoxy groups -OCH3 is 4. The molecule has 0 spiro atoms. The molecule has 0 amide bonds. The van der Waals surface area contributed by atoms with Gasteiger partial charge in [0.15, 0.2) is 5.78 Å². The van der Waals surface area contributed by atoms with Crippen LogP contribution in [-0.4, -0.2) is 81.6 Å². The molecule has 1 rings (SSSR count). The Morgan fingerprint density at radius 3 is 1.50 bits per heavy atom. The Hall–Kier alpha value is -1.98. The van der Waals surface area contributed by atoms with Gasteiger partial charge in [-0.2, -0.15) is 0 Å². The maximum atomic E-state index is 11.3. The Bertz CT molecular complexity index is 813. The first kappa shape index (κ1) is 45.9. The largest absolute Gasteiger partial charge is 1.00 e. The fourth-order valence-electron chi connectivity index (χ4n) is 2.42. The zero-order chi connectivity index (χ0) is 27.4. The van der Waals surface area contributed by atoms with Gasteiger partial charge in [-0.05, 0) is 12.0 Å². The second-order valence-electron chi connectivity index (χ2n) is 6.42. The van der Waals surface area contributed by atoms with Crippen LogP contribution in [0.2, 0.25) is 0 Å². The summed E-state index contributed by atoms with van der Waals surface area (Å²) in [6, 6.07) is 0. The summed E-state index contributed by atoms with van der Waals surface area (Å²) in [7, 11) is 4.82. The number of rotatable bonds is 11. The van der Waals surface area contributed by atoms with Crippen molar-refractivity contribution in [2.24, 2.45) is 0 Å². The Labute approximate surface area is 264 Å². The summed E-state index contributed by atoms with van der Waals surface area (Å²) < 4.78 is 17.5. The van der Waals surface area contributed by atoms with Crippen LogP contribution < -0.4 is 64.4 Å². The van der Waals surface area contributed by atoms with E-state index in [1.165, 1.54) is 28.4 Å². The van der Waals surface area contributed by atoms with E-state index in [9.17, 15) is 33.6 Å². The van der Waals surface area contributed by atoms with E-state index in [1.807, 2.05) is 0 Å². The molecular weight excluding hydrogens is 538 g/mol. The molecule has 0 fully saturated rings. The van der Waals surface area contributed by atoms with Gasteiger partial charge in [0, 0.05) is 19.3 Å². The van der Waals surface area contributed by atoms with Gasteiger partial charge in [0.05, 0.1) is 34.9 Å². The number of esters is 4. The van der Waals surface area contributed by atoms with Crippen LogP contribution in [0.3, 0.4) is 0 Å². The number of ketones is 3. The van der Waals surface area contributed by atoms with Crippen molar-refractivity contribution in [3.63, 3.8) is 0 Å². The van der Waals surface area contributed by atoms with Crippen molar-refractivity contribution in [1.29, 1.82) is 0 Å². The third-order valence-electron chi connectivity index (χ3n) is 4.12. The van der Waals surface area contributed by atoms with E-state index in [4.69, 9.17) is 10.1 Å². The smallest absolute Gasteiger partial charge is 1.00 e. The van der Waals surface area contributed by atoms with Crippen LogP contribution in [0.5, 0.6) is 0 Å². The first-order chi connectivity index (χ1) is 16.5. The summed E-state index contributed by atoms with van der Waals surface area (Å²) in [4.78, 5) is 88.4. The van der Waals surface area contributed by atoms with Gasteiger partial charge >= 0.3 is 83.0 Å². The Kier molecular flexibility index (Phi) is 33.9. The van der Waals surface area contributed by atoms with Gasteiger partial charge in [0.1, 0.15) is 30.0 Å². The van der Waals surface area contributed by atoms with Gasteiger partial charge in [-0.1, -0.05) is 0 Å². The molecule has 0 radical (unpaired) electrons. The molecule has 1 aliphatic carbocycles. The van der Waals surface area contributed by atoms with Crippen LogP contribution in [0.15, 0.2) is 11.1 Å². The maximum absolute atomic E-state index is 11.3. The summed E-state index contributed by atoms with van der Waals surface area (Å²) in [5, 5.41) is 8.43. The number of hydrogen-bond acceptors (Lipinski definition) is 14. The summed E-state index contributed by atoms with van der Waals surface area (Å²) in [5.74, 6) is -3.43. The molecule has 0 atom stereocenters. The van der Waals surface area contributed by atoms with Crippen LogP contribution in [0, 0.1) is 0 Å². The molecule has 0 bridgehead atoms. The molecule has 38 heavy (non-hydrogen) atoms. The van der Waals surface area contributed by atoms with Crippen molar-refractivity contribution in [2.45, 2.75) is 44.9 Å². The Morgan fingerprint density at radius 2 is 1.18 bits per heavy atom. The molecule has 0 saturated heterocycles. The topological polar surface area (TPSA) is 237 Å². The Balaban J connectivity index is -0.000000112. The van der Waals surface area contributed by atoms with E-state index in [-0.39, 0.29) is 134 Å². The van der Waals surface area contributed by atoms with Gasteiger partial charge in [0.2, 0.25) is 0 Å². The number of ether oxygens (including phenoxy) is 4. The average molecular weight is 568 g/mol. The Morgan fingerprint density at radius 1 is 0.789 bits per heavy atom. The number of carbonyl (C=O) groups excluding carboxylic acids is 8. The minimum absolute atomic E-state index is 0. The van der Waals surface area contributed by atoms with Crippen molar-refractivity contribution >= 4 is 47.7 Å². The summed E-state index contributed by atoms with van der Waals surface area (Å²) >= 11 is 0. The molecule has 0 unspecified atom stereocenters. The normalized spacial score (nSPS) is 10.6. The molecule has 1 aliphatic rings. The van der Waals surface area contributed by atoms with Crippen LogP contribution in [0.25, 0.3) is 0 Å². The van der Waals surface area contributed by atoms with Crippen LogP contribution in [-0.2, 0) is 62.2 Å². The molecule has 2 N–H and O–H groups in total. The molecule has 206 valence electrons. The summed E-state index contributed by atoms with van der Waals surface area (Å²) in [6.07, 6.45) is -0.151. The predicted molar refractivity (Wildman–Crippen MR) is 114 cm³/mol. The van der Waals surface area contributed by atoms with Crippen molar-refractivity contribution in [3.05, 3.63) is 11.1 Å². The van der Waals surface area contributed by atoms with Crippen LogP contribution >= 0.6 is 0 Å². The third-order valence-corrected chi connectivity index (χ3v) is 4.12. The van der Waals surface area contributed by atoms with Gasteiger partial charge in [-0.3, -0.25) is 33.6 Å². The monoisotopic (exact) mass is 568 g/mol. The second-order valence-corrected chi connectivity index (χ2v) is 6.42. The van der Waals surface area contributed by atoms with E-state index in [1.54, 1.807) is 0 Å².